The van der Waals surface area contributed by atoms with E-state index in [1.54, 1.807) is 11.0 Å². The highest BCUT2D eigenvalue weighted by molar-refractivity contribution is 7.89. The van der Waals surface area contributed by atoms with Gasteiger partial charge in [-0.15, -0.1) is 0 Å². The highest BCUT2D eigenvalue weighted by Gasteiger charge is 2.42. The molecule has 0 radical (unpaired) electrons. The molecule has 1 aliphatic heterocycles. The van der Waals surface area contributed by atoms with E-state index in [2.05, 4.69) is 6.92 Å². The van der Waals surface area contributed by atoms with Crippen molar-refractivity contribution in [3.8, 4) is 0 Å². The lowest BCUT2D eigenvalue weighted by Crippen LogP contribution is -2.51. The zero-order valence-electron chi connectivity index (χ0n) is 12.7. The van der Waals surface area contributed by atoms with E-state index in [0.717, 1.165) is 6.42 Å². The van der Waals surface area contributed by atoms with Crippen LogP contribution in [-0.2, 0) is 14.8 Å². The van der Waals surface area contributed by atoms with Crippen molar-refractivity contribution in [1.29, 1.82) is 0 Å². The van der Waals surface area contributed by atoms with Gasteiger partial charge >= 0.3 is 0 Å². The van der Waals surface area contributed by atoms with Gasteiger partial charge in [0.05, 0.1) is 5.02 Å². The quantitative estimate of drug-likeness (QED) is 0.813. The maximum Gasteiger partial charge on any atom is 0.244 e. The molecule has 2 aliphatic rings. The predicted octanol–water partition coefficient (Wildman–Crippen LogP) is 2.48. The summed E-state index contributed by atoms with van der Waals surface area (Å²) < 4.78 is 26.8. The monoisotopic (exact) mass is 376 g/mol. The van der Waals surface area contributed by atoms with E-state index in [9.17, 15) is 13.2 Å². The van der Waals surface area contributed by atoms with Gasteiger partial charge in [-0.25, -0.2) is 8.42 Å². The molecular formula is C15H18Cl2N2O3S. The molecule has 1 aromatic rings. The van der Waals surface area contributed by atoms with Crippen molar-refractivity contribution in [2.45, 2.75) is 18.2 Å². The second kappa shape index (κ2) is 6.24. The lowest BCUT2D eigenvalue weighted by molar-refractivity contribution is -0.134. The zero-order chi connectivity index (χ0) is 16.8. The van der Waals surface area contributed by atoms with Gasteiger partial charge < -0.3 is 4.90 Å². The number of hydrogen-bond donors (Lipinski definition) is 0. The number of nitrogens with zero attached hydrogens (tertiary/aromatic N) is 2. The van der Waals surface area contributed by atoms with E-state index >= 15 is 0 Å². The van der Waals surface area contributed by atoms with Crippen molar-refractivity contribution in [3.63, 3.8) is 0 Å². The Bertz CT molecular complexity index is 730. The van der Waals surface area contributed by atoms with Crippen LogP contribution >= 0.6 is 23.2 Å². The van der Waals surface area contributed by atoms with E-state index in [-0.39, 0.29) is 34.8 Å². The normalized spacial score (nSPS) is 25.4. The molecule has 8 heteroatoms. The van der Waals surface area contributed by atoms with Gasteiger partial charge in [0.1, 0.15) is 4.90 Å². The molecule has 0 aromatic heterocycles. The first-order valence-corrected chi connectivity index (χ1v) is 9.74. The summed E-state index contributed by atoms with van der Waals surface area (Å²) in [6.45, 7) is 3.44. The molecule has 0 bridgehead atoms. The Morgan fingerprint density at radius 1 is 1.17 bits per heavy atom. The molecule has 2 fully saturated rings. The fourth-order valence-electron chi connectivity index (χ4n) is 2.86. The first-order valence-electron chi connectivity index (χ1n) is 7.54. The van der Waals surface area contributed by atoms with Crippen LogP contribution in [-0.4, -0.2) is 49.7 Å². The van der Waals surface area contributed by atoms with Gasteiger partial charge in [-0.2, -0.15) is 4.31 Å². The largest absolute Gasteiger partial charge is 0.340 e. The Balaban J connectivity index is 1.71. The second-order valence-corrected chi connectivity index (χ2v) is 8.87. The molecule has 0 unspecified atom stereocenters. The lowest BCUT2D eigenvalue weighted by atomic mass is 10.2. The number of halogens is 2. The number of carbonyl (C=O) groups is 1. The Labute approximate surface area is 146 Å². The van der Waals surface area contributed by atoms with Crippen LogP contribution in [0.1, 0.15) is 13.3 Å². The summed E-state index contributed by atoms with van der Waals surface area (Å²) in [6, 6.07) is 4.39. The lowest BCUT2D eigenvalue weighted by Gasteiger charge is -2.34. The van der Waals surface area contributed by atoms with E-state index in [1.165, 1.54) is 16.4 Å². The molecule has 1 aliphatic carbocycles. The molecule has 5 nitrogen and oxygen atoms in total. The van der Waals surface area contributed by atoms with Crippen LogP contribution in [0.5, 0.6) is 0 Å². The van der Waals surface area contributed by atoms with Crippen LogP contribution in [0.25, 0.3) is 0 Å². The highest BCUT2D eigenvalue weighted by Crippen LogP contribution is 2.39. The Morgan fingerprint density at radius 3 is 2.35 bits per heavy atom. The number of amides is 1. The minimum absolute atomic E-state index is 0.0160. The van der Waals surface area contributed by atoms with Crippen LogP contribution < -0.4 is 0 Å². The van der Waals surface area contributed by atoms with Gasteiger partial charge in [0, 0.05) is 37.1 Å². The average Bonchev–Trinajstić information content (AvgIpc) is 3.26. The topological polar surface area (TPSA) is 57.7 Å². The molecule has 0 N–H and O–H groups in total. The van der Waals surface area contributed by atoms with E-state index < -0.39 is 10.0 Å². The molecule has 1 saturated heterocycles. The Morgan fingerprint density at radius 2 is 1.78 bits per heavy atom. The maximum absolute atomic E-state index is 12.7. The van der Waals surface area contributed by atoms with E-state index in [4.69, 9.17) is 23.2 Å². The molecule has 3 rings (SSSR count). The fraction of sp³-hybridized carbons (Fsp3) is 0.533. The average molecular weight is 377 g/mol. The van der Waals surface area contributed by atoms with Crippen molar-refractivity contribution in [2.24, 2.45) is 11.8 Å². The number of hydrogen-bond acceptors (Lipinski definition) is 3. The van der Waals surface area contributed by atoms with Crippen LogP contribution in [0.3, 0.4) is 0 Å². The zero-order valence-corrected chi connectivity index (χ0v) is 15.0. The highest BCUT2D eigenvalue weighted by atomic mass is 35.5. The molecule has 2 atom stereocenters. The van der Waals surface area contributed by atoms with Crippen LogP contribution in [0.2, 0.25) is 10.0 Å². The van der Waals surface area contributed by atoms with E-state index in [0.29, 0.717) is 24.0 Å². The number of piperazine rings is 1. The number of benzene rings is 1. The standard InChI is InChI=1S/C15H18Cl2N2O3S/c1-10-8-12(10)15(20)18-4-6-19(7-5-18)23(21,22)14-9-11(16)2-3-13(14)17/h2-3,9-10,12H,4-8H2,1H3/t10-,12+/m0/s1. The van der Waals surface area contributed by atoms with Crippen molar-refractivity contribution >= 4 is 39.1 Å². The van der Waals surface area contributed by atoms with Crippen molar-refractivity contribution in [1.82, 2.24) is 9.21 Å². The summed E-state index contributed by atoms with van der Waals surface area (Å²) in [7, 11) is -3.70. The molecular weight excluding hydrogens is 359 g/mol. The number of rotatable bonds is 3. The summed E-state index contributed by atoms with van der Waals surface area (Å²) in [5.74, 6) is 0.727. The molecule has 1 heterocycles. The molecule has 126 valence electrons. The van der Waals surface area contributed by atoms with Gasteiger partial charge in [-0.05, 0) is 30.5 Å². The third-order valence-electron chi connectivity index (χ3n) is 4.49. The summed E-state index contributed by atoms with van der Waals surface area (Å²) in [5.41, 5.74) is 0. The third kappa shape index (κ3) is 3.36. The smallest absolute Gasteiger partial charge is 0.244 e. The molecule has 1 saturated carbocycles. The minimum Gasteiger partial charge on any atom is -0.340 e. The summed E-state index contributed by atoms with van der Waals surface area (Å²) >= 11 is 11.9. The summed E-state index contributed by atoms with van der Waals surface area (Å²) in [5, 5.41) is 0.476. The molecule has 0 spiro atoms. The third-order valence-corrected chi connectivity index (χ3v) is 7.10. The van der Waals surface area contributed by atoms with Crippen LogP contribution in [0, 0.1) is 11.8 Å². The van der Waals surface area contributed by atoms with Gasteiger partial charge in [-0.3, -0.25) is 4.79 Å². The minimum atomic E-state index is -3.70. The van der Waals surface area contributed by atoms with Crippen molar-refractivity contribution < 1.29 is 13.2 Å². The molecule has 1 amide bonds. The summed E-state index contributed by atoms with van der Waals surface area (Å²) in [4.78, 5) is 14.0. The predicted molar refractivity (Wildman–Crippen MR) is 89.1 cm³/mol. The molecule has 23 heavy (non-hydrogen) atoms. The van der Waals surface area contributed by atoms with Crippen LogP contribution in [0.15, 0.2) is 23.1 Å². The fourth-order valence-corrected chi connectivity index (χ4v) is 5.02. The van der Waals surface area contributed by atoms with Gasteiger partial charge in [-0.1, -0.05) is 30.1 Å². The van der Waals surface area contributed by atoms with Crippen LogP contribution in [0.4, 0.5) is 0 Å². The van der Waals surface area contributed by atoms with Crippen molar-refractivity contribution in [3.05, 3.63) is 28.2 Å². The Kier molecular flexibility index (Phi) is 4.62. The number of carbonyl (C=O) groups excluding carboxylic acids is 1. The van der Waals surface area contributed by atoms with Gasteiger partial charge in [0.15, 0.2) is 0 Å². The Hall–Kier alpha value is -0.820. The first kappa shape index (κ1) is 17.0. The summed E-state index contributed by atoms with van der Waals surface area (Å²) in [6.07, 6.45) is 0.940. The van der Waals surface area contributed by atoms with Gasteiger partial charge in [0.25, 0.3) is 0 Å². The van der Waals surface area contributed by atoms with E-state index in [1.807, 2.05) is 0 Å². The molecule has 1 aromatic carbocycles. The maximum atomic E-state index is 12.7. The van der Waals surface area contributed by atoms with Crippen molar-refractivity contribution in [2.75, 3.05) is 26.2 Å². The number of sulfonamides is 1. The van der Waals surface area contributed by atoms with Gasteiger partial charge in [0.2, 0.25) is 15.9 Å². The second-order valence-electron chi connectivity index (χ2n) is 6.12. The first-order chi connectivity index (χ1) is 10.8. The SMILES string of the molecule is C[C@H]1C[C@H]1C(=O)N1CCN(S(=O)(=O)c2cc(Cl)ccc2Cl)CC1.